The number of ether oxygens (including phenoxy) is 1. The molecule has 1 heterocycles. The summed E-state index contributed by atoms with van der Waals surface area (Å²) in [7, 11) is 1.11. The highest BCUT2D eigenvalue weighted by Gasteiger charge is 2.22. The minimum absolute atomic E-state index is 0.0178. The number of nitrogens with zero attached hydrogens (tertiary/aromatic N) is 1. The largest absolute Gasteiger partial charge is 0.618 e. The number of Topliss-reactive ketones (excluding diaryl/α,β-unsaturated/α-hetero) is 1. The summed E-state index contributed by atoms with van der Waals surface area (Å²) in [5.41, 5.74) is -0.863. The number of hydrogen-bond acceptors (Lipinski definition) is 4. The minimum atomic E-state index is -1.04. The van der Waals surface area contributed by atoms with Crippen LogP contribution in [0.4, 0.5) is 4.39 Å². The normalized spacial score (nSPS) is 9.80. The molecule has 0 amide bonds. The third kappa shape index (κ3) is 2.09. The van der Waals surface area contributed by atoms with Crippen molar-refractivity contribution in [2.75, 3.05) is 7.11 Å². The summed E-state index contributed by atoms with van der Waals surface area (Å²) in [6, 6.07) is 0.789. The van der Waals surface area contributed by atoms with E-state index in [0.29, 0.717) is 0 Å². The molecule has 0 unspecified atom stereocenters. The summed E-state index contributed by atoms with van der Waals surface area (Å²) in [6.45, 7) is 1.06. The molecule has 0 aromatic carbocycles. The summed E-state index contributed by atoms with van der Waals surface area (Å²) >= 11 is 0. The topological polar surface area (TPSA) is 70.3 Å². The second kappa shape index (κ2) is 4.04. The SMILES string of the molecule is COC(=O)c1cc(F)c(C(C)=O)[n+]([O-])c1. The van der Waals surface area contributed by atoms with E-state index in [2.05, 4.69) is 4.74 Å². The maximum Gasteiger partial charge on any atom is 0.344 e. The Bertz CT molecular complexity index is 407. The number of methoxy groups -OCH3 is 1. The van der Waals surface area contributed by atoms with E-state index in [-0.39, 0.29) is 10.3 Å². The number of carbonyl (C=O) groups excluding carboxylic acids is 2. The zero-order valence-electron chi connectivity index (χ0n) is 8.11. The van der Waals surface area contributed by atoms with Gasteiger partial charge in [-0.3, -0.25) is 4.79 Å². The molecule has 0 saturated carbocycles. The molecule has 0 spiro atoms. The van der Waals surface area contributed by atoms with Crippen molar-refractivity contribution in [3.8, 4) is 0 Å². The molecule has 1 aromatic rings. The van der Waals surface area contributed by atoms with Crippen molar-refractivity contribution in [1.29, 1.82) is 0 Å². The molecule has 0 atom stereocenters. The van der Waals surface area contributed by atoms with Crippen LogP contribution in [-0.4, -0.2) is 18.9 Å². The standard InChI is InChI=1S/C9H8FNO4/c1-5(12)8-7(10)3-6(4-11(8)14)9(13)15-2/h3-4H,1-2H3. The van der Waals surface area contributed by atoms with Gasteiger partial charge in [-0.05, 0) is 0 Å². The van der Waals surface area contributed by atoms with E-state index in [1.807, 2.05) is 0 Å². The predicted molar refractivity (Wildman–Crippen MR) is 46.7 cm³/mol. The van der Waals surface area contributed by atoms with Gasteiger partial charge in [0.1, 0.15) is 5.56 Å². The zero-order chi connectivity index (χ0) is 11.6. The Morgan fingerprint density at radius 1 is 1.53 bits per heavy atom. The van der Waals surface area contributed by atoms with Gasteiger partial charge in [0.2, 0.25) is 11.6 Å². The minimum Gasteiger partial charge on any atom is -0.618 e. The lowest BCUT2D eigenvalue weighted by molar-refractivity contribution is -0.609. The van der Waals surface area contributed by atoms with Crippen molar-refractivity contribution in [3.05, 3.63) is 34.5 Å². The van der Waals surface area contributed by atoms with Gasteiger partial charge in [-0.1, -0.05) is 0 Å². The van der Waals surface area contributed by atoms with Crippen molar-refractivity contribution in [2.24, 2.45) is 0 Å². The fourth-order valence-electron chi connectivity index (χ4n) is 1.09. The average Bonchev–Trinajstić information content (AvgIpc) is 2.14. The van der Waals surface area contributed by atoms with E-state index in [9.17, 15) is 19.2 Å². The number of hydrogen-bond donors (Lipinski definition) is 0. The van der Waals surface area contributed by atoms with Gasteiger partial charge in [0, 0.05) is 13.0 Å². The highest BCUT2D eigenvalue weighted by atomic mass is 19.1. The lowest BCUT2D eigenvalue weighted by Crippen LogP contribution is -2.36. The van der Waals surface area contributed by atoms with Crippen LogP contribution in [0.3, 0.4) is 0 Å². The van der Waals surface area contributed by atoms with Crippen molar-refractivity contribution >= 4 is 11.8 Å². The lowest BCUT2D eigenvalue weighted by atomic mass is 10.2. The third-order valence-corrected chi connectivity index (χ3v) is 1.74. The van der Waals surface area contributed by atoms with Crippen LogP contribution in [0.2, 0.25) is 0 Å². The van der Waals surface area contributed by atoms with Crippen LogP contribution in [0.15, 0.2) is 12.3 Å². The Morgan fingerprint density at radius 2 is 2.13 bits per heavy atom. The first kappa shape index (κ1) is 11.1. The number of halogens is 1. The van der Waals surface area contributed by atoms with E-state index >= 15 is 0 Å². The van der Waals surface area contributed by atoms with Crippen LogP contribution in [0.5, 0.6) is 0 Å². The molecule has 0 fully saturated rings. The maximum atomic E-state index is 13.2. The second-order valence-electron chi connectivity index (χ2n) is 2.80. The number of aromatic nitrogens is 1. The van der Waals surface area contributed by atoms with Gasteiger partial charge >= 0.3 is 5.97 Å². The molecule has 0 aliphatic heterocycles. The van der Waals surface area contributed by atoms with Crippen molar-refractivity contribution in [3.63, 3.8) is 0 Å². The van der Waals surface area contributed by atoms with Gasteiger partial charge in [0.05, 0.1) is 7.11 Å². The number of pyridine rings is 1. The van der Waals surface area contributed by atoms with E-state index in [1.165, 1.54) is 0 Å². The van der Waals surface area contributed by atoms with Crippen LogP contribution in [0.25, 0.3) is 0 Å². The summed E-state index contributed by atoms with van der Waals surface area (Å²) in [6.07, 6.45) is 0.797. The molecule has 0 radical (unpaired) electrons. The predicted octanol–water partition coefficient (Wildman–Crippen LogP) is 0.448. The number of rotatable bonds is 2. The smallest absolute Gasteiger partial charge is 0.344 e. The molecule has 15 heavy (non-hydrogen) atoms. The Morgan fingerprint density at radius 3 is 2.53 bits per heavy atom. The van der Waals surface area contributed by atoms with E-state index in [4.69, 9.17) is 0 Å². The summed E-state index contributed by atoms with van der Waals surface area (Å²) < 4.78 is 17.5. The highest BCUT2D eigenvalue weighted by Crippen LogP contribution is 2.07. The molecular weight excluding hydrogens is 205 g/mol. The fourth-order valence-corrected chi connectivity index (χ4v) is 1.09. The summed E-state index contributed by atoms with van der Waals surface area (Å²) in [4.78, 5) is 21.8. The summed E-state index contributed by atoms with van der Waals surface area (Å²) in [5, 5.41) is 11.2. The van der Waals surface area contributed by atoms with E-state index in [1.54, 1.807) is 0 Å². The van der Waals surface area contributed by atoms with Crippen molar-refractivity contribution in [1.82, 2.24) is 0 Å². The van der Waals surface area contributed by atoms with Gasteiger partial charge in [-0.2, -0.15) is 9.12 Å². The maximum absolute atomic E-state index is 13.2. The molecule has 5 nitrogen and oxygen atoms in total. The molecule has 0 aliphatic carbocycles. The highest BCUT2D eigenvalue weighted by molar-refractivity contribution is 5.92. The van der Waals surface area contributed by atoms with Crippen molar-refractivity contribution < 1.29 is 23.4 Å². The zero-order valence-corrected chi connectivity index (χ0v) is 8.11. The van der Waals surface area contributed by atoms with Crippen molar-refractivity contribution in [2.45, 2.75) is 6.92 Å². The Labute approximate surface area is 84.7 Å². The van der Waals surface area contributed by atoms with Gasteiger partial charge in [0.25, 0.3) is 5.69 Å². The van der Waals surface area contributed by atoms with Gasteiger partial charge in [0.15, 0.2) is 6.20 Å². The molecule has 1 aromatic heterocycles. The van der Waals surface area contributed by atoms with Gasteiger partial charge < -0.3 is 9.94 Å². The van der Waals surface area contributed by atoms with Gasteiger partial charge in [-0.25, -0.2) is 4.79 Å². The molecule has 80 valence electrons. The van der Waals surface area contributed by atoms with Crippen LogP contribution in [0.1, 0.15) is 27.8 Å². The average molecular weight is 213 g/mol. The Balaban J connectivity index is 3.31. The first-order chi connectivity index (χ1) is 6.97. The molecular formula is C9H8FNO4. The van der Waals surface area contributed by atoms with E-state index in [0.717, 1.165) is 26.3 Å². The molecule has 0 bridgehead atoms. The second-order valence-corrected chi connectivity index (χ2v) is 2.80. The molecule has 0 aliphatic rings. The van der Waals surface area contributed by atoms with E-state index < -0.39 is 23.3 Å². The monoisotopic (exact) mass is 213 g/mol. The number of ketones is 1. The Hall–Kier alpha value is -1.98. The summed E-state index contributed by atoms with van der Waals surface area (Å²) in [5.74, 6) is -2.59. The van der Waals surface area contributed by atoms with Crippen LogP contribution in [-0.2, 0) is 4.74 Å². The fraction of sp³-hybridized carbons (Fsp3) is 0.222. The quantitative estimate of drug-likeness (QED) is 0.309. The van der Waals surface area contributed by atoms with Crippen LogP contribution in [0, 0.1) is 11.0 Å². The number of esters is 1. The first-order valence-corrected chi connectivity index (χ1v) is 3.99. The van der Waals surface area contributed by atoms with Crippen LogP contribution >= 0.6 is 0 Å². The molecule has 6 heteroatoms. The first-order valence-electron chi connectivity index (χ1n) is 3.99. The Kier molecular flexibility index (Phi) is 2.99. The third-order valence-electron chi connectivity index (χ3n) is 1.74. The number of carbonyl (C=O) groups is 2. The molecule has 1 rings (SSSR count). The molecule has 0 N–H and O–H groups in total. The van der Waals surface area contributed by atoms with Crippen LogP contribution < -0.4 is 4.73 Å². The van der Waals surface area contributed by atoms with Gasteiger partial charge in [-0.15, -0.1) is 0 Å². The lowest BCUT2D eigenvalue weighted by Gasteiger charge is -2.04. The molecule has 0 saturated heterocycles.